The van der Waals surface area contributed by atoms with E-state index < -0.39 is 0 Å². The molecule has 1 fully saturated rings. The minimum Gasteiger partial charge on any atom is -0.396 e. The summed E-state index contributed by atoms with van der Waals surface area (Å²) in [5.74, 6) is 2.39. The molecule has 1 saturated heterocycles. The molecule has 3 nitrogen and oxygen atoms in total. The monoisotopic (exact) mass is 204 g/mol. The molecule has 1 unspecified atom stereocenters. The van der Waals surface area contributed by atoms with E-state index in [4.69, 9.17) is 10.8 Å². The second kappa shape index (κ2) is 5.86. The molecule has 1 rings (SSSR count). The van der Waals surface area contributed by atoms with Gasteiger partial charge in [0.05, 0.1) is 0 Å². The molecule has 0 spiro atoms. The van der Waals surface area contributed by atoms with E-state index in [-0.39, 0.29) is 12.1 Å². The Morgan fingerprint density at radius 1 is 1.54 bits per heavy atom. The zero-order valence-corrected chi connectivity index (χ0v) is 8.91. The molecule has 0 aromatic rings. The Kier molecular flexibility index (Phi) is 5.09. The highest BCUT2D eigenvalue weighted by molar-refractivity contribution is 7.99. The van der Waals surface area contributed by atoms with Gasteiger partial charge in [-0.1, -0.05) is 0 Å². The van der Waals surface area contributed by atoms with E-state index in [0.717, 1.165) is 18.7 Å². The standard InChI is InChI=1S/C9H20N2OS/c10-7-9(11-4-2-5-12)3-1-6-13-8-9/h11-12H,1-8,10H2. The molecule has 0 amide bonds. The number of hydrogen-bond donors (Lipinski definition) is 3. The van der Waals surface area contributed by atoms with E-state index in [1.807, 2.05) is 11.8 Å². The van der Waals surface area contributed by atoms with Gasteiger partial charge in [-0.3, -0.25) is 0 Å². The number of nitrogens with one attached hydrogen (secondary N) is 1. The van der Waals surface area contributed by atoms with Crippen molar-refractivity contribution < 1.29 is 5.11 Å². The lowest BCUT2D eigenvalue weighted by atomic mass is 9.95. The van der Waals surface area contributed by atoms with Crippen molar-refractivity contribution in [2.24, 2.45) is 5.73 Å². The van der Waals surface area contributed by atoms with Gasteiger partial charge >= 0.3 is 0 Å². The van der Waals surface area contributed by atoms with Gasteiger partial charge in [0.25, 0.3) is 0 Å². The quantitative estimate of drug-likeness (QED) is 0.559. The summed E-state index contributed by atoms with van der Waals surface area (Å²) < 4.78 is 0. The number of thioether (sulfide) groups is 1. The average molecular weight is 204 g/mol. The van der Waals surface area contributed by atoms with Gasteiger partial charge in [0.15, 0.2) is 0 Å². The van der Waals surface area contributed by atoms with Gasteiger partial charge in [0.2, 0.25) is 0 Å². The van der Waals surface area contributed by atoms with Crippen LogP contribution in [0.5, 0.6) is 0 Å². The van der Waals surface area contributed by atoms with Crippen LogP contribution in [-0.4, -0.2) is 41.8 Å². The summed E-state index contributed by atoms with van der Waals surface area (Å²) in [5, 5.41) is 12.2. The molecule has 1 atom stereocenters. The van der Waals surface area contributed by atoms with Crippen molar-refractivity contribution in [1.82, 2.24) is 5.32 Å². The first-order valence-electron chi connectivity index (χ1n) is 4.97. The van der Waals surface area contributed by atoms with Gasteiger partial charge in [0.1, 0.15) is 0 Å². The summed E-state index contributed by atoms with van der Waals surface area (Å²) in [6.45, 7) is 1.86. The predicted octanol–water partition coefficient (Wildman–Crippen LogP) is 0.183. The van der Waals surface area contributed by atoms with E-state index in [1.165, 1.54) is 18.6 Å². The van der Waals surface area contributed by atoms with Gasteiger partial charge in [-0.05, 0) is 31.6 Å². The Labute approximate surface area is 84.5 Å². The first-order valence-corrected chi connectivity index (χ1v) is 6.12. The Morgan fingerprint density at radius 2 is 2.38 bits per heavy atom. The lowest BCUT2D eigenvalue weighted by Gasteiger charge is -2.36. The molecule has 4 heteroatoms. The predicted molar refractivity (Wildman–Crippen MR) is 58.0 cm³/mol. The highest BCUT2D eigenvalue weighted by atomic mass is 32.2. The minimum absolute atomic E-state index is 0.151. The maximum absolute atomic E-state index is 8.68. The van der Waals surface area contributed by atoms with Crippen LogP contribution in [0.15, 0.2) is 0 Å². The van der Waals surface area contributed by atoms with E-state index in [9.17, 15) is 0 Å². The Bertz CT molecular complexity index is 138. The van der Waals surface area contributed by atoms with Crippen LogP contribution in [0.3, 0.4) is 0 Å². The van der Waals surface area contributed by atoms with Gasteiger partial charge in [-0.25, -0.2) is 0 Å². The molecule has 13 heavy (non-hydrogen) atoms. The SMILES string of the molecule is NCC1(NCCCO)CCCSC1. The maximum atomic E-state index is 8.68. The Hall–Kier alpha value is 0.230. The highest BCUT2D eigenvalue weighted by Crippen LogP contribution is 2.25. The third-order valence-electron chi connectivity index (χ3n) is 2.55. The summed E-state index contributed by atoms with van der Waals surface area (Å²) in [5.41, 5.74) is 5.93. The van der Waals surface area contributed by atoms with E-state index in [0.29, 0.717) is 6.54 Å². The summed E-state index contributed by atoms with van der Waals surface area (Å²) >= 11 is 1.98. The Balaban J connectivity index is 2.29. The van der Waals surface area contributed by atoms with E-state index >= 15 is 0 Å². The smallest absolute Gasteiger partial charge is 0.0443 e. The van der Waals surface area contributed by atoms with Crippen LogP contribution in [0.1, 0.15) is 19.3 Å². The second-order valence-electron chi connectivity index (χ2n) is 3.64. The molecule has 78 valence electrons. The minimum atomic E-state index is 0.151. The highest BCUT2D eigenvalue weighted by Gasteiger charge is 2.29. The normalized spacial score (nSPS) is 29.1. The maximum Gasteiger partial charge on any atom is 0.0443 e. The molecule has 0 saturated carbocycles. The molecular formula is C9H20N2OS. The molecule has 4 N–H and O–H groups in total. The largest absolute Gasteiger partial charge is 0.396 e. The summed E-state index contributed by atoms with van der Waals surface area (Å²) in [7, 11) is 0. The topological polar surface area (TPSA) is 58.3 Å². The van der Waals surface area contributed by atoms with Crippen molar-refractivity contribution in [2.75, 3.05) is 31.2 Å². The van der Waals surface area contributed by atoms with Crippen molar-refractivity contribution in [3.05, 3.63) is 0 Å². The van der Waals surface area contributed by atoms with Gasteiger partial charge in [0, 0.05) is 24.4 Å². The molecule has 1 aliphatic heterocycles. The molecule has 1 aliphatic rings. The molecular weight excluding hydrogens is 184 g/mol. The second-order valence-corrected chi connectivity index (χ2v) is 4.75. The summed E-state index contributed by atoms with van der Waals surface area (Å²) in [4.78, 5) is 0. The molecule has 0 bridgehead atoms. The van der Waals surface area contributed by atoms with Crippen LogP contribution in [0.4, 0.5) is 0 Å². The van der Waals surface area contributed by atoms with Crippen LogP contribution in [-0.2, 0) is 0 Å². The fraction of sp³-hybridized carbons (Fsp3) is 1.00. The number of nitrogens with two attached hydrogens (primary N) is 1. The van der Waals surface area contributed by atoms with Gasteiger partial charge in [-0.2, -0.15) is 11.8 Å². The molecule has 0 radical (unpaired) electrons. The van der Waals surface area contributed by atoms with Crippen molar-refractivity contribution >= 4 is 11.8 Å². The number of rotatable bonds is 5. The van der Waals surface area contributed by atoms with Crippen LogP contribution in [0.25, 0.3) is 0 Å². The third kappa shape index (κ3) is 3.46. The first kappa shape index (κ1) is 11.3. The van der Waals surface area contributed by atoms with Crippen molar-refractivity contribution in [3.63, 3.8) is 0 Å². The first-order chi connectivity index (χ1) is 6.33. The lowest BCUT2D eigenvalue weighted by molar-refractivity contribution is 0.268. The molecule has 0 aromatic carbocycles. The number of aliphatic hydroxyl groups excluding tert-OH is 1. The zero-order valence-electron chi connectivity index (χ0n) is 8.09. The zero-order chi connectivity index (χ0) is 9.57. The van der Waals surface area contributed by atoms with Crippen molar-refractivity contribution in [1.29, 1.82) is 0 Å². The summed E-state index contributed by atoms with van der Waals surface area (Å²) in [6, 6.07) is 0. The fourth-order valence-electron chi connectivity index (χ4n) is 1.66. The van der Waals surface area contributed by atoms with Crippen LogP contribution >= 0.6 is 11.8 Å². The average Bonchev–Trinajstić information content (AvgIpc) is 2.20. The van der Waals surface area contributed by atoms with E-state index in [1.54, 1.807) is 0 Å². The van der Waals surface area contributed by atoms with Crippen LogP contribution < -0.4 is 11.1 Å². The molecule has 0 aromatic heterocycles. The lowest BCUT2D eigenvalue weighted by Crippen LogP contribution is -2.55. The van der Waals surface area contributed by atoms with Crippen molar-refractivity contribution in [2.45, 2.75) is 24.8 Å². The van der Waals surface area contributed by atoms with Crippen molar-refractivity contribution in [3.8, 4) is 0 Å². The fourth-order valence-corrected chi connectivity index (χ4v) is 2.91. The number of aliphatic hydroxyl groups is 1. The Morgan fingerprint density at radius 3 is 2.92 bits per heavy atom. The molecule has 1 heterocycles. The van der Waals surface area contributed by atoms with Gasteiger partial charge in [-0.15, -0.1) is 0 Å². The summed E-state index contributed by atoms with van der Waals surface area (Å²) in [6.07, 6.45) is 3.27. The van der Waals surface area contributed by atoms with E-state index in [2.05, 4.69) is 5.32 Å². The van der Waals surface area contributed by atoms with Gasteiger partial charge < -0.3 is 16.2 Å². The molecule has 0 aliphatic carbocycles. The van der Waals surface area contributed by atoms with Crippen LogP contribution in [0, 0.1) is 0 Å². The number of hydrogen-bond acceptors (Lipinski definition) is 4. The van der Waals surface area contributed by atoms with Crippen LogP contribution in [0.2, 0.25) is 0 Å². The third-order valence-corrected chi connectivity index (χ3v) is 3.88.